The van der Waals surface area contributed by atoms with Gasteiger partial charge in [0.05, 0.1) is 12.9 Å². The molecule has 6 heteroatoms. The van der Waals surface area contributed by atoms with Gasteiger partial charge in [-0.1, -0.05) is 0 Å². The molecule has 96 valence electrons. The predicted molar refractivity (Wildman–Crippen MR) is 65.8 cm³/mol. The summed E-state index contributed by atoms with van der Waals surface area (Å²) in [6.07, 6.45) is 1.71. The summed E-state index contributed by atoms with van der Waals surface area (Å²) in [6, 6.07) is 4.42. The average Bonchev–Trinajstić information content (AvgIpc) is 2.25. The standard InChI is InChI=1S/C11H16FNO3S/c1-16-11-8-9(4-5-10(11)12)13-6-3-7-17(2,14)15/h4-5,8,13H,3,6-7H2,1-2H3. The Balaban J connectivity index is 2.47. The molecule has 0 aromatic heterocycles. The van der Waals surface area contributed by atoms with Crippen molar-refractivity contribution in [2.24, 2.45) is 0 Å². The number of benzene rings is 1. The van der Waals surface area contributed by atoms with Gasteiger partial charge in [0, 0.05) is 24.6 Å². The molecule has 0 heterocycles. The first-order valence-electron chi connectivity index (χ1n) is 5.17. The molecular formula is C11H16FNO3S. The van der Waals surface area contributed by atoms with Crippen molar-refractivity contribution in [1.29, 1.82) is 0 Å². The maximum atomic E-state index is 13.1. The van der Waals surface area contributed by atoms with Crippen LogP contribution in [0.3, 0.4) is 0 Å². The number of rotatable bonds is 6. The molecule has 0 atom stereocenters. The van der Waals surface area contributed by atoms with Crippen molar-refractivity contribution in [2.45, 2.75) is 6.42 Å². The van der Waals surface area contributed by atoms with Gasteiger partial charge in [0.25, 0.3) is 0 Å². The largest absolute Gasteiger partial charge is 0.494 e. The van der Waals surface area contributed by atoms with Gasteiger partial charge in [-0.25, -0.2) is 12.8 Å². The average molecular weight is 261 g/mol. The summed E-state index contributed by atoms with van der Waals surface area (Å²) in [6.45, 7) is 0.516. The van der Waals surface area contributed by atoms with Gasteiger partial charge >= 0.3 is 0 Å². The second-order valence-corrected chi connectivity index (χ2v) is 6.02. The molecule has 0 saturated heterocycles. The summed E-state index contributed by atoms with van der Waals surface area (Å²) in [5, 5.41) is 3.01. The van der Waals surface area contributed by atoms with E-state index in [9.17, 15) is 12.8 Å². The lowest BCUT2D eigenvalue weighted by molar-refractivity contribution is 0.387. The van der Waals surface area contributed by atoms with Crippen LogP contribution in [0.25, 0.3) is 0 Å². The third kappa shape index (κ3) is 5.04. The molecule has 0 aliphatic rings. The topological polar surface area (TPSA) is 55.4 Å². The lowest BCUT2D eigenvalue weighted by Crippen LogP contribution is -2.09. The van der Waals surface area contributed by atoms with Crippen molar-refractivity contribution in [1.82, 2.24) is 0 Å². The molecule has 1 N–H and O–H groups in total. The molecule has 0 unspecified atom stereocenters. The molecule has 0 aliphatic carbocycles. The molecule has 1 aromatic carbocycles. The minimum atomic E-state index is -2.92. The molecule has 1 aromatic rings. The van der Waals surface area contributed by atoms with Gasteiger partial charge in [0.1, 0.15) is 9.84 Å². The number of ether oxygens (including phenoxy) is 1. The summed E-state index contributed by atoms with van der Waals surface area (Å²) in [7, 11) is -1.53. The molecule has 0 amide bonds. The van der Waals surface area contributed by atoms with Crippen LogP contribution in [-0.2, 0) is 9.84 Å². The van der Waals surface area contributed by atoms with E-state index >= 15 is 0 Å². The first-order valence-corrected chi connectivity index (χ1v) is 7.23. The lowest BCUT2D eigenvalue weighted by atomic mass is 10.3. The highest BCUT2D eigenvalue weighted by Gasteiger charge is 2.04. The fourth-order valence-electron chi connectivity index (χ4n) is 1.34. The van der Waals surface area contributed by atoms with Gasteiger partial charge in [-0.3, -0.25) is 0 Å². The zero-order chi connectivity index (χ0) is 12.9. The lowest BCUT2D eigenvalue weighted by Gasteiger charge is -2.08. The quantitative estimate of drug-likeness (QED) is 0.792. The van der Waals surface area contributed by atoms with E-state index in [0.29, 0.717) is 18.7 Å². The number of anilines is 1. The summed E-state index contributed by atoms with van der Waals surface area (Å²) >= 11 is 0. The molecule has 0 spiro atoms. The number of sulfone groups is 1. The van der Waals surface area contributed by atoms with Crippen LogP contribution < -0.4 is 10.1 Å². The van der Waals surface area contributed by atoms with Gasteiger partial charge in [-0.05, 0) is 18.6 Å². The van der Waals surface area contributed by atoms with E-state index in [1.54, 1.807) is 6.07 Å². The zero-order valence-electron chi connectivity index (χ0n) is 9.86. The Morgan fingerprint density at radius 2 is 2.12 bits per heavy atom. The molecule has 0 saturated carbocycles. The maximum absolute atomic E-state index is 13.1. The van der Waals surface area contributed by atoms with Crippen LogP contribution in [-0.4, -0.2) is 34.1 Å². The molecule has 17 heavy (non-hydrogen) atoms. The molecule has 0 fully saturated rings. The fourth-order valence-corrected chi connectivity index (χ4v) is 2.01. The normalized spacial score (nSPS) is 11.2. The van der Waals surface area contributed by atoms with Gasteiger partial charge in [-0.15, -0.1) is 0 Å². The fraction of sp³-hybridized carbons (Fsp3) is 0.455. The van der Waals surface area contributed by atoms with E-state index in [1.807, 2.05) is 0 Å². The van der Waals surface area contributed by atoms with Crippen molar-refractivity contribution < 1.29 is 17.5 Å². The van der Waals surface area contributed by atoms with Gasteiger partial charge in [0.2, 0.25) is 0 Å². The summed E-state index contributed by atoms with van der Waals surface area (Å²) in [4.78, 5) is 0. The molecule has 0 bridgehead atoms. The van der Waals surface area contributed by atoms with Crippen LogP contribution in [0.2, 0.25) is 0 Å². The Kier molecular flexibility index (Phi) is 4.74. The SMILES string of the molecule is COc1cc(NCCCS(C)(=O)=O)ccc1F. The number of hydrogen-bond acceptors (Lipinski definition) is 4. The smallest absolute Gasteiger partial charge is 0.165 e. The Hall–Kier alpha value is -1.30. The Bertz CT molecular complexity index is 474. The third-order valence-electron chi connectivity index (χ3n) is 2.17. The Morgan fingerprint density at radius 3 is 2.71 bits per heavy atom. The third-order valence-corrected chi connectivity index (χ3v) is 3.20. The van der Waals surface area contributed by atoms with Crippen molar-refractivity contribution >= 4 is 15.5 Å². The van der Waals surface area contributed by atoms with Crippen LogP contribution in [0.4, 0.5) is 10.1 Å². The molecule has 0 aliphatic heterocycles. The van der Waals surface area contributed by atoms with E-state index in [4.69, 9.17) is 4.74 Å². The van der Waals surface area contributed by atoms with E-state index in [2.05, 4.69) is 5.32 Å². The first-order chi connectivity index (χ1) is 7.92. The molecular weight excluding hydrogens is 245 g/mol. The predicted octanol–water partition coefficient (Wildman–Crippen LogP) is 1.68. The van der Waals surface area contributed by atoms with Crippen molar-refractivity contribution in [2.75, 3.05) is 31.0 Å². The summed E-state index contributed by atoms with van der Waals surface area (Å²) in [5.41, 5.74) is 0.705. The second kappa shape index (κ2) is 5.86. The molecule has 4 nitrogen and oxygen atoms in total. The Morgan fingerprint density at radius 1 is 1.41 bits per heavy atom. The summed E-state index contributed by atoms with van der Waals surface area (Å²) < 4.78 is 39.7. The van der Waals surface area contributed by atoms with Crippen LogP contribution in [0.1, 0.15) is 6.42 Å². The van der Waals surface area contributed by atoms with E-state index in [1.165, 1.54) is 25.5 Å². The highest BCUT2D eigenvalue weighted by atomic mass is 32.2. The van der Waals surface area contributed by atoms with Crippen molar-refractivity contribution in [3.05, 3.63) is 24.0 Å². The second-order valence-electron chi connectivity index (χ2n) is 3.76. The van der Waals surface area contributed by atoms with E-state index < -0.39 is 15.7 Å². The molecule has 1 rings (SSSR count). The van der Waals surface area contributed by atoms with Crippen LogP contribution in [0.5, 0.6) is 5.75 Å². The number of hydrogen-bond donors (Lipinski definition) is 1. The maximum Gasteiger partial charge on any atom is 0.165 e. The number of nitrogens with one attached hydrogen (secondary N) is 1. The van der Waals surface area contributed by atoms with Gasteiger partial charge in [0.15, 0.2) is 11.6 Å². The zero-order valence-corrected chi connectivity index (χ0v) is 10.7. The molecule has 0 radical (unpaired) electrons. The van der Waals surface area contributed by atoms with Crippen LogP contribution >= 0.6 is 0 Å². The summed E-state index contributed by atoms with van der Waals surface area (Å²) in [5.74, 6) is -0.120. The highest BCUT2D eigenvalue weighted by Crippen LogP contribution is 2.21. The van der Waals surface area contributed by atoms with Crippen LogP contribution in [0, 0.1) is 5.82 Å². The monoisotopic (exact) mass is 261 g/mol. The van der Waals surface area contributed by atoms with Crippen molar-refractivity contribution in [3.63, 3.8) is 0 Å². The van der Waals surface area contributed by atoms with Gasteiger partial charge in [-0.2, -0.15) is 0 Å². The number of halogens is 1. The van der Waals surface area contributed by atoms with E-state index in [0.717, 1.165) is 0 Å². The van der Waals surface area contributed by atoms with Gasteiger partial charge < -0.3 is 10.1 Å². The Labute approximate surface area is 101 Å². The van der Waals surface area contributed by atoms with E-state index in [-0.39, 0.29) is 11.5 Å². The minimum absolute atomic E-state index is 0.137. The number of methoxy groups -OCH3 is 1. The van der Waals surface area contributed by atoms with Crippen LogP contribution in [0.15, 0.2) is 18.2 Å². The van der Waals surface area contributed by atoms with Crippen molar-refractivity contribution in [3.8, 4) is 5.75 Å². The first kappa shape index (κ1) is 13.8. The highest BCUT2D eigenvalue weighted by molar-refractivity contribution is 7.90. The minimum Gasteiger partial charge on any atom is -0.494 e.